The molecule has 310 valence electrons. The Morgan fingerprint density at radius 1 is 0.897 bits per heavy atom. The highest BCUT2D eigenvalue weighted by molar-refractivity contribution is 7.13. The van der Waals surface area contributed by atoms with Crippen molar-refractivity contribution in [1.29, 1.82) is 0 Å². The first-order valence-electron chi connectivity index (χ1n) is 19.7. The van der Waals surface area contributed by atoms with Crippen molar-refractivity contribution in [2.75, 3.05) is 66.1 Å². The van der Waals surface area contributed by atoms with E-state index in [1.807, 2.05) is 30.6 Å². The molecule has 15 nitrogen and oxygen atoms in total. The summed E-state index contributed by atoms with van der Waals surface area (Å²) in [5.41, 5.74) is 3.86. The number of allylic oxidation sites excluding steroid dienone is 2. The minimum atomic E-state index is -0.534. The fraction of sp³-hybridized carbons (Fsp3) is 0.476. The van der Waals surface area contributed by atoms with E-state index >= 15 is 0 Å². The number of aromatic nitrogens is 5. The van der Waals surface area contributed by atoms with Gasteiger partial charge in [0.15, 0.2) is 0 Å². The molecule has 0 atom stereocenters. The van der Waals surface area contributed by atoms with Crippen molar-refractivity contribution in [3.63, 3.8) is 0 Å². The summed E-state index contributed by atoms with van der Waals surface area (Å²) in [6.07, 6.45) is 7.08. The van der Waals surface area contributed by atoms with Crippen molar-refractivity contribution in [2.24, 2.45) is 5.92 Å². The van der Waals surface area contributed by atoms with E-state index in [9.17, 15) is 14.4 Å². The lowest BCUT2D eigenvalue weighted by Gasteiger charge is -2.26. The molecule has 1 N–H and O–H groups in total. The predicted octanol–water partition coefficient (Wildman–Crippen LogP) is 6.49. The van der Waals surface area contributed by atoms with Crippen LogP contribution >= 0.6 is 11.3 Å². The number of hydrogen-bond donors (Lipinski definition) is 1. The van der Waals surface area contributed by atoms with Gasteiger partial charge in [-0.2, -0.15) is 0 Å². The molecule has 6 rings (SSSR count). The molecular weight excluding hydrogens is 763 g/mol. The molecule has 0 unspecified atom stereocenters. The van der Waals surface area contributed by atoms with Gasteiger partial charge in [0.2, 0.25) is 5.95 Å². The summed E-state index contributed by atoms with van der Waals surface area (Å²) in [7, 11) is 4.20. The fourth-order valence-corrected chi connectivity index (χ4v) is 7.93. The molecule has 58 heavy (non-hydrogen) atoms. The van der Waals surface area contributed by atoms with Crippen LogP contribution in [0, 0.1) is 12.8 Å². The number of rotatable bonds is 18. The van der Waals surface area contributed by atoms with Crippen LogP contribution in [0.2, 0.25) is 0 Å². The third kappa shape index (κ3) is 9.68. The van der Waals surface area contributed by atoms with E-state index in [0.29, 0.717) is 76.2 Å². The number of nitrogens with zero attached hydrogens (tertiary/aromatic N) is 6. The summed E-state index contributed by atoms with van der Waals surface area (Å²) >= 11 is 1.33. The maximum atomic E-state index is 13.7. The zero-order chi connectivity index (χ0) is 41.3. The number of esters is 2. The summed E-state index contributed by atoms with van der Waals surface area (Å²) in [4.78, 5) is 56.3. The molecule has 0 radical (unpaired) electrons. The van der Waals surface area contributed by atoms with E-state index in [1.54, 1.807) is 24.3 Å². The van der Waals surface area contributed by atoms with Crippen LogP contribution in [0.25, 0.3) is 22.1 Å². The van der Waals surface area contributed by atoms with Crippen LogP contribution in [0.1, 0.15) is 80.5 Å². The second-order valence-electron chi connectivity index (χ2n) is 14.4. The molecule has 16 heteroatoms. The summed E-state index contributed by atoms with van der Waals surface area (Å²) in [6, 6.07) is 6.73. The van der Waals surface area contributed by atoms with E-state index < -0.39 is 11.9 Å². The van der Waals surface area contributed by atoms with Crippen molar-refractivity contribution in [3.8, 4) is 11.5 Å². The van der Waals surface area contributed by atoms with Crippen molar-refractivity contribution in [2.45, 2.75) is 66.5 Å². The Labute approximate surface area is 342 Å². The molecule has 0 saturated carbocycles. The average Bonchev–Trinajstić information content (AvgIpc) is 3.91. The number of anilines is 1. The van der Waals surface area contributed by atoms with E-state index in [0.717, 1.165) is 68.5 Å². The third-order valence-electron chi connectivity index (χ3n) is 9.99. The highest BCUT2D eigenvalue weighted by Crippen LogP contribution is 2.33. The number of benzene rings is 2. The minimum Gasteiger partial charge on any atom is -0.494 e. The van der Waals surface area contributed by atoms with Gasteiger partial charge in [-0.25, -0.2) is 24.5 Å². The van der Waals surface area contributed by atoms with Gasteiger partial charge in [0.05, 0.1) is 74.0 Å². The minimum absolute atomic E-state index is 0.270. The third-order valence-corrected chi connectivity index (χ3v) is 11.0. The molecule has 1 saturated heterocycles. The van der Waals surface area contributed by atoms with Crippen LogP contribution in [0.15, 0.2) is 36.4 Å². The second kappa shape index (κ2) is 19.4. The molecule has 0 aliphatic carbocycles. The molecule has 3 aromatic heterocycles. The molecule has 5 aromatic rings. The topological polar surface area (TPSA) is 161 Å². The molecule has 0 bridgehead atoms. The Kier molecular flexibility index (Phi) is 14.2. The Hall–Kier alpha value is -5.32. The summed E-state index contributed by atoms with van der Waals surface area (Å²) in [6.45, 7) is 13.5. The Morgan fingerprint density at radius 3 is 2.17 bits per heavy atom. The van der Waals surface area contributed by atoms with E-state index in [1.165, 1.54) is 32.7 Å². The number of hydrogen-bond acceptors (Lipinski definition) is 13. The van der Waals surface area contributed by atoms with Crippen molar-refractivity contribution in [1.82, 2.24) is 29.0 Å². The predicted molar refractivity (Wildman–Crippen MR) is 223 cm³/mol. The van der Waals surface area contributed by atoms with E-state index in [-0.39, 0.29) is 17.4 Å². The Balaban J connectivity index is 1.34. The number of ether oxygens (including phenoxy) is 5. The zero-order valence-corrected chi connectivity index (χ0v) is 35.2. The SMILES string of the molecule is CCc1nc(C)sc1C(=O)Nc1nc2cc(C(=O)OC)cc(OC)c2n1C/C=C/Cn1c(CCC(C)C)nc2cc(C(=O)OC)cc(OCCCN3CCOCC3)c21. The molecular formula is C42H53N7O8S. The smallest absolute Gasteiger partial charge is 0.338 e. The van der Waals surface area contributed by atoms with Crippen LogP contribution < -0.4 is 14.8 Å². The van der Waals surface area contributed by atoms with Crippen molar-refractivity contribution in [3.05, 3.63) is 68.9 Å². The summed E-state index contributed by atoms with van der Waals surface area (Å²) in [5, 5.41) is 3.80. The van der Waals surface area contributed by atoms with Crippen molar-refractivity contribution >= 4 is 57.2 Å². The van der Waals surface area contributed by atoms with E-state index in [4.69, 9.17) is 33.7 Å². The lowest BCUT2D eigenvalue weighted by molar-refractivity contribution is 0.0358. The zero-order valence-electron chi connectivity index (χ0n) is 34.4. The van der Waals surface area contributed by atoms with Gasteiger partial charge in [-0.05, 0) is 56.4 Å². The number of methoxy groups -OCH3 is 3. The number of carbonyl (C=O) groups is 3. The van der Waals surface area contributed by atoms with E-state index in [2.05, 4.69) is 33.6 Å². The number of amides is 1. The number of nitrogens with one attached hydrogen (secondary N) is 1. The number of carbonyl (C=O) groups excluding carboxylic acids is 3. The fourth-order valence-electron chi connectivity index (χ4n) is 7.02. The molecule has 1 aliphatic rings. The van der Waals surface area contributed by atoms with Crippen LogP contribution in [-0.2, 0) is 40.1 Å². The van der Waals surface area contributed by atoms with Crippen LogP contribution in [-0.4, -0.2) is 108 Å². The number of aryl methyl sites for hydroxylation is 3. The lowest BCUT2D eigenvalue weighted by atomic mass is 10.1. The van der Waals surface area contributed by atoms with Gasteiger partial charge in [-0.3, -0.25) is 15.0 Å². The van der Waals surface area contributed by atoms with Gasteiger partial charge in [0.1, 0.15) is 33.2 Å². The quantitative estimate of drug-likeness (QED) is 0.0583. The molecule has 1 fully saturated rings. The summed E-state index contributed by atoms with van der Waals surface area (Å²) in [5.74, 6) is 1.26. The molecule has 2 aromatic carbocycles. The average molecular weight is 816 g/mol. The van der Waals surface area contributed by atoms with Gasteiger partial charge in [-0.15, -0.1) is 11.3 Å². The van der Waals surface area contributed by atoms with Crippen LogP contribution in [0.3, 0.4) is 0 Å². The highest BCUT2D eigenvalue weighted by Gasteiger charge is 2.24. The van der Waals surface area contributed by atoms with Gasteiger partial charge < -0.3 is 32.8 Å². The standard InChI is InChI=1S/C42H53N7O8S/c1-8-30-38(58-27(4)43-30)39(50)46-42-45-32-23-28(40(51)54-6)24-33(53-5)36(32)49(42)16-10-9-15-48-35(13-12-26(2)3)44-31-22-29(41(52)55-7)25-34(37(31)48)57-19-11-14-47-17-20-56-21-18-47/h9-10,22-26H,8,11-21H2,1-7H3,(H,45,46,50)/b10-9+. The van der Waals surface area contributed by atoms with Gasteiger partial charge in [0, 0.05) is 39.1 Å². The van der Waals surface area contributed by atoms with Gasteiger partial charge >= 0.3 is 11.9 Å². The molecule has 1 amide bonds. The largest absolute Gasteiger partial charge is 0.494 e. The maximum Gasteiger partial charge on any atom is 0.338 e. The second-order valence-corrected chi connectivity index (χ2v) is 15.6. The highest BCUT2D eigenvalue weighted by atomic mass is 32.1. The molecule has 0 spiro atoms. The van der Waals surface area contributed by atoms with Crippen LogP contribution in [0.4, 0.5) is 5.95 Å². The Bertz CT molecular complexity index is 2290. The molecule has 4 heterocycles. The number of fused-ring (bicyclic) bond motifs is 2. The van der Waals surface area contributed by atoms with Crippen LogP contribution in [0.5, 0.6) is 11.5 Å². The number of morpholine rings is 1. The Morgan fingerprint density at radius 2 is 1.53 bits per heavy atom. The first-order chi connectivity index (χ1) is 28.0. The van der Waals surface area contributed by atoms with Gasteiger partial charge in [0.25, 0.3) is 5.91 Å². The lowest BCUT2D eigenvalue weighted by Crippen LogP contribution is -2.37. The first kappa shape index (κ1) is 42.3. The van der Waals surface area contributed by atoms with Gasteiger partial charge in [-0.1, -0.05) is 32.9 Å². The normalized spacial score (nSPS) is 13.5. The monoisotopic (exact) mass is 815 g/mol. The van der Waals surface area contributed by atoms with Crippen molar-refractivity contribution < 1.29 is 38.1 Å². The first-order valence-corrected chi connectivity index (χ1v) is 20.5. The number of imidazole rings is 2. The molecule has 1 aliphatic heterocycles. The maximum absolute atomic E-state index is 13.7. The summed E-state index contributed by atoms with van der Waals surface area (Å²) < 4.78 is 31.8. The number of thiazole rings is 1.